The number of carbonyl (C=O) groups excluding carboxylic acids is 1. The third-order valence-electron chi connectivity index (χ3n) is 4.89. The number of nitrogens with one attached hydrogen (secondary N) is 1. The van der Waals surface area contributed by atoms with Gasteiger partial charge in [-0.3, -0.25) is 4.79 Å². The van der Waals surface area contributed by atoms with Crippen LogP contribution in [0.3, 0.4) is 0 Å². The quantitative estimate of drug-likeness (QED) is 0.695. The predicted octanol–water partition coefficient (Wildman–Crippen LogP) is 2.35. The largest absolute Gasteiger partial charge is 0.492 e. The highest BCUT2D eigenvalue weighted by Gasteiger charge is 2.33. The zero-order chi connectivity index (χ0) is 17.5. The Morgan fingerprint density at radius 3 is 2.84 bits per heavy atom. The lowest BCUT2D eigenvalue weighted by Gasteiger charge is -2.27. The molecule has 2 aliphatic heterocycles. The lowest BCUT2D eigenvalue weighted by molar-refractivity contribution is -0.130. The minimum Gasteiger partial charge on any atom is -0.492 e. The molecule has 0 saturated carbocycles. The molecule has 0 spiro atoms. The van der Waals surface area contributed by atoms with Crippen LogP contribution < -0.4 is 10.1 Å². The van der Waals surface area contributed by atoms with Crippen molar-refractivity contribution in [3.63, 3.8) is 0 Å². The van der Waals surface area contributed by atoms with Gasteiger partial charge in [0.2, 0.25) is 5.91 Å². The first-order chi connectivity index (χ1) is 12.2. The topological polar surface area (TPSA) is 50.8 Å². The Bertz CT molecular complexity index is 546. The fourth-order valence-corrected chi connectivity index (χ4v) is 3.52. The summed E-state index contributed by atoms with van der Waals surface area (Å²) in [6.45, 7) is 3.69. The minimum atomic E-state index is -0.260. The summed E-state index contributed by atoms with van der Waals surface area (Å²) in [7, 11) is 0. The second-order valence-corrected chi connectivity index (χ2v) is 6.71. The van der Waals surface area contributed by atoms with E-state index in [0.717, 1.165) is 51.9 Å². The molecule has 2 unspecified atom stereocenters. The van der Waals surface area contributed by atoms with Gasteiger partial charge in [0.1, 0.15) is 18.2 Å². The number of hydrogen-bond donors (Lipinski definition) is 1. The lowest BCUT2D eigenvalue weighted by Crippen LogP contribution is -2.40. The Hall–Kier alpha value is -1.66. The molecule has 0 aromatic heterocycles. The van der Waals surface area contributed by atoms with Crippen molar-refractivity contribution in [3.8, 4) is 5.75 Å². The maximum atomic E-state index is 12.8. The van der Waals surface area contributed by atoms with Crippen LogP contribution >= 0.6 is 0 Å². The SMILES string of the molecule is O=C1CCC(CCNCCOc2ccc(F)cc2)N1CC1CCCO1. The molecule has 1 N–H and O–H groups in total. The van der Waals surface area contributed by atoms with Crippen LogP contribution in [-0.2, 0) is 9.53 Å². The van der Waals surface area contributed by atoms with Crippen molar-refractivity contribution >= 4 is 5.91 Å². The fraction of sp³-hybridized carbons (Fsp3) is 0.632. The van der Waals surface area contributed by atoms with E-state index in [1.165, 1.54) is 12.1 Å². The monoisotopic (exact) mass is 350 g/mol. The van der Waals surface area contributed by atoms with E-state index in [0.29, 0.717) is 24.8 Å². The van der Waals surface area contributed by atoms with Gasteiger partial charge in [0.25, 0.3) is 0 Å². The summed E-state index contributed by atoms with van der Waals surface area (Å²) in [6.07, 6.45) is 4.95. The molecule has 5 nitrogen and oxygen atoms in total. The highest BCUT2D eigenvalue weighted by atomic mass is 19.1. The summed E-state index contributed by atoms with van der Waals surface area (Å²) in [5.41, 5.74) is 0. The molecule has 2 atom stereocenters. The van der Waals surface area contributed by atoms with E-state index >= 15 is 0 Å². The molecule has 2 heterocycles. The van der Waals surface area contributed by atoms with E-state index in [1.54, 1.807) is 12.1 Å². The van der Waals surface area contributed by atoms with Crippen molar-refractivity contribution in [1.82, 2.24) is 10.2 Å². The Labute approximate surface area is 148 Å². The van der Waals surface area contributed by atoms with E-state index < -0.39 is 0 Å². The van der Waals surface area contributed by atoms with Crippen LogP contribution in [0.25, 0.3) is 0 Å². The van der Waals surface area contributed by atoms with Crippen LogP contribution in [0.15, 0.2) is 24.3 Å². The van der Waals surface area contributed by atoms with Gasteiger partial charge < -0.3 is 19.7 Å². The Morgan fingerprint density at radius 2 is 2.08 bits per heavy atom. The summed E-state index contributed by atoms with van der Waals surface area (Å²) < 4.78 is 24.0. The van der Waals surface area contributed by atoms with Crippen LogP contribution in [0.5, 0.6) is 5.75 Å². The van der Waals surface area contributed by atoms with Gasteiger partial charge in [-0.15, -0.1) is 0 Å². The van der Waals surface area contributed by atoms with Crippen LogP contribution in [0.2, 0.25) is 0 Å². The number of nitrogens with zero attached hydrogens (tertiary/aromatic N) is 1. The number of carbonyl (C=O) groups is 1. The van der Waals surface area contributed by atoms with E-state index in [-0.39, 0.29) is 17.8 Å². The molecule has 3 rings (SSSR count). The number of rotatable bonds is 9. The second kappa shape index (κ2) is 9.15. The molecule has 1 aromatic carbocycles. The molecule has 0 radical (unpaired) electrons. The number of hydrogen-bond acceptors (Lipinski definition) is 4. The Morgan fingerprint density at radius 1 is 1.24 bits per heavy atom. The summed E-state index contributed by atoms with van der Waals surface area (Å²) >= 11 is 0. The molecule has 1 aromatic rings. The number of benzene rings is 1. The third-order valence-corrected chi connectivity index (χ3v) is 4.89. The van der Waals surface area contributed by atoms with Crippen LogP contribution in [0, 0.1) is 5.82 Å². The van der Waals surface area contributed by atoms with Crippen LogP contribution in [0.4, 0.5) is 4.39 Å². The van der Waals surface area contributed by atoms with Crippen molar-refractivity contribution in [2.24, 2.45) is 0 Å². The number of amides is 1. The average Bonchev–Trinajstić information content (AvgIpc) is 3.24. The molecule has 0 bridgehead atoms. The zero-order valence-electron chi connectivity index (χ0n) is 14.6. The predicted molar refractivity (Wildman–Crippen MR) is 93.1 cm³/mol. The molecule has 138 valence electrons. The number of likely N-dealkylation sites (tertiary alicyclic amines) is 1. The van der Waals surface area contributed by atoms with E-state index in [4.69, 9.17) is 9.47 Å². The molecule has 25 heavy (non-hydrogen) atoms. The Balaban J connectivity index is 1.31. The number of halogens is 1. The zero-order valence-corrected chi connectivity index (χ0v) is 14.6. The molecule has 0 aliphatic carbocycles. The van der Waals surface area contributed by atoms with Gasteiger partial charge in [-0.05, 0) is 56.5 Å². The van der Waals surface area contributed by atoms with Crippen molar-refractivity contribution in [3.05, 3.63) is 30.1 Å². The van der Waals surface area contributed by atoms with E-state index in [1.807, 2.05) is 4.90 Å². The third kappa shape index (κ3) is 5.41. The van der Waals surface area contributed by atoms with Crippen molar-refractivity contribution in [2.45, 2.75) is 44.2 Å². The highest BCUT2D eigenvalue weighted by Crippen LogP contribution is 2.24. The maximum Gasteiger partial charge on any atom is 0.222 e. The van der Waals surface area contributed by atoms with Crippen molar-refractivity contribution in [2.75, 3.05) is 32.8 Å². The summed E-state index contributed by atoms with van der Waals surface area (Å²) in [4.78, 5) is 14.1. The summed E-state index contributed by atoms with van der Waals surface area (Å²) in [5, 5.41) is 3.35. The molecule has 2 fully saturated rings. The normalized spacial score (nSPS) is 23.4. The number of ether oxygens (including phenoxy) is 2. The van der Waals surface area contributed by atoms with Crippen molar-refractivity contribution in [1.29, 1.82) is 0 Å². The molecule has 2 saturated heterocycles. The first kappa shape index (κ1) is 18.1. The van der Waals surface area contributed by atoms with Crippen LogP contribution in [-0.4, -0.2) is 55.8 Å². The standard InChI is InChI=1S/C19H27FN2O3/c20-15-3-6-17(7-4-15)25-13-11-21-10-9-16-5-8-19(23)22(16)14-18-2-1-12-24-18/h3-4,6-7,16,18,21H,1-2,5,8-14H2. The van der Waals surface area contributed by atoms with Crippen molar-refractivity contribution < 1.29 is 18.7 Å². The highest BCUT2D eigenvalue weighted by molar-refractivity contribution is 5.78. The maximum absolute atomic E-state index is 12.8. The van der Waals surface area contributed by atoms with E-state index in [2.05, 4.69) is 5.32 Å². The summed E-state index contributed by atoms with van der Waals surface area (Å²) in [5.74, 6) is 0.677. The Kier molecular flexibility index (Phi) is 6.64. The van der Waals surface area contributed by atoms with E-state index in [9.17, 15) is 9.18 Å². The van der Waals surface area contributed by atoms with Gasteiger partial charge >= 0.3 is 0 Å². The van der Waals surface area contributed by atoms with Gasteiger partial charge in [0, 0.05) is 32.2 Å². The first-order valence-electron chi connectivity index (χ1n) is 9.22. The fourth-order valence-electron chi connectivity index (χ4n) is 3.52. The molecular weight excluding hydrogens is 323 g/mol. The smallest absolute Gasteiger partial charge is 0.222 e. The molecule has 6 heteroatoms. The van der Waals surface area contributed by atoms with Gasteiger partial charge in [0.05, 0.1) is 6.10 Å². The molecular formula is C19H27FN2O3. The second-order valence-electron chi connectivity index (χ2n) is 6.71. The molecule has 1 amide bonds. The first-order valence-corrected chi connectivity index (χ1v) is 9.22. The summed E-state index contributed by atoms with van der Waals surface area (Å²) in [6, 6.07) is 6.36. The van der Waals surface area contributed by atoms with Gasteiger partial charge in [-0.2, -0.15) is 0 Å². The average molecular weight is 350 g/mol. The van der Waals surface area contributed by atoms with Crippen LogP contribution in [0.1, 0.15) is 32.1 Å². The van der Waals surface area contributed by atoms with Gasteiger partial charge in [0.15, 0.2) is 0 Å². The minimum absolute atomic E-state index is 0.224. The lowest BCUT2D eigenvalue weighted by atomic mass is 10.1. The van der Waals surface area contributed by atoms with Gasteiger partial charge in [-0.25, -0.2) is 4.39 Å². The molecule has 2 aliphatic rings. The van der Waals surface area contributed by atoms with Gasteiger partial charge in [-0.1, -0.05) is 0 Å².